The average molecular weight is 586 g/mol. The van der Waals surface area contributed by atoms with Crippen LogP contribution in [0.25, 0.3) is 0 Å². The van der Waals surface area contributed by atoms with Crippen LogP contribution in [0.5, 0.6) is 17.2 Å². The van der Waals surface area contributed by atoms with E-state index < -0.39 is 35.6 Å². The summed E-state index contributed by atoms with van der Waals surface area (Å²) in [4.78, 5) is 50.9. The van der Waals surface area contributed by atoms with Crippen LogP contribution in [0.4, 0.5) is 19.3 Å². The molecule has 5 rings (SSSR count). The van der Waals surface area contributed by atoms with Crippen molar-refractivity contribution in [1.82, 2.24) is 10.2 Å². The number of carbonyl (C=O) groups excluding carboxylic acids is 4. The zero-order valence-corrected chi connectivity index (χ0v) is 22.2. The predicted molar refractivity (Wildman–Crippen MR) is 141 cm³/mol. The van der Waals surface area contributed by atoms with Gasteiger partial charge in [-0.1, -0.05) is 23.7 Å². The molecule has 1 atom stereocenters. The molecule has 3 aromatic rings. The van der Waals surface area contributed by atoms with Gasteiger partial charge >= 0.3 is 6.09 Å². The Bertz CT molecular complexity index is 1580. The molecule has 0 aliphatic carbocycles. The molecule has 4 amide bonds. The van der Waals surface area contributed by atoms with Crippen molar-refractivity contribution in [3.05, 3.63) is 81.9 Å². The highest BCUT2D eigenvalue weighted by atomic mass is 35.5. The van der Waals surface area contributed by atoms with Crippen molar-refractivity contribution in [2.45, 2.75) is 32.0 Å². The first-order valence-electron chi connectivity index (χ1n) is 12.3. The number of imide groups is 1. The first-order valence-corrected chi connectivity index (χ1v) is 12.7. The normalized spacial score (nSPS) is 16.2. The van der Waals surface area contributed by atoms with Gasteiger partial charge in [0.25, 0.3) is 5.91 Å². The van der Waals surface area contributed by atoms with Gasteiger partial charge in [0.15, 0.2) is 5.82 Å². The summed E-state index contributed by atoms with van der Waals surface area (Å²) >= 11 is 5.65. The van der Waals surface area contributed by atoms with E-state index in [4.69, 9.17) is 25.8 Å². The zero-order valence-electron chi connectivity index (χ0n) is 21.5. The molecule has 1 fully saturated rings. The van der Waals surface area contributed by atoms with E-state index in [-0.39, 0.29) is 65.4 Å². The van der Waals surface area contributed by atoms with Gasteiger partial charge in [-0.15, -0.1) is 0 Å². The number of rotatable bonds is 7. The van der Waals surface area contributed by atoms with Gasteiger partial charge in [0.1, 0.15) is 35.7 Å². The first kappa shape index (κ1) is 27.8. The van der Waals surface area contributed by atoms with Gasteiger partial charge in [-0.2, -0.15) is 0 Å². The summed E-state index contributed by atoms with van der Waals surface area (Å²) in [5.41, 5.74) is 1.04. The maximum atomic E-state index is 14.6. The maximum absolute atomic E-state index is 14.6. The van der Waals surface area contributed by atoms with Gasteiger partial charge in [-0.3, -0.25) is 25.0 Å². The van der Waals surface area contributed by atoms with Crippen molar-refractivity contribution < 1.29 is 42.2 Å². The molecule has 13 heteroatoms. The van der Waals surface area contributed by atoms with Gasteiger partial charge < -0.3 is 19.1 Å². The lowest BCUT2D eigenvalue weighted by Crippen LogP contribution is -2.52. The monoisotopic (exact) mass is 585 g/mol. The van der Waals surface area contributed by atoms with E-state index >= 15 is 0 Å². The summed E-state index contributed by atoms with van der Waals surface area (Å²) in [6.07, 6.45) is -0.636. The third kappa shape index (κ3) is 5.78. The van der Waals surface area contributed by atoms with Crippen LogP contribution < -0.4 is 20.1 Å². The average Bonchev–Trinajstić information content (AvgIpc) is 3.27. The summed E-state index contributed by atoms with van der Waals surface area (Å²) in [5.74, 6) is -2.54. The Morgan fingerprint density at radius 2 is 1.80 bits per heavy atom. The van der Waals surface area contributed by atoms with Gasteiger partial charge in [-0.25, -0.2) is 13.6 Å². The number of anilines is 1. The number of carbonyl (C=O) groups is 4. The van der Waals surface area contributed by atoms with Crippen LogP contribution in [-0.4, -0.2) is 41.9 Å². The Labute approximate surface area is 237 Å². The maximum Gasteiger partial charge on any atom is 0.412 e. The number of nitrogens with one attached hydrogen (secondary N) is 2. The highest BCUT2D eigenvalue weighted by Crippen LogP contribution is 2.36. The van der Waals surface area contributed by atoms with E-state index in [2.05, 4.69) is 10.6 Å². The molecule has 0 saturated carbocycles. The Hall–Kier alpha value is -4.71. The second kappa shape index (κ2) is 11.4. The number of benzene rings is 3. The smallest absolute Gasteiger partial charge is 0.412 e. The Balaban J connectivity index is 1.23. The van der Waals surface area contributed by atoms with Crippen molar-refractivity contribution in [1.29, 1.82) is 0 Å². The van der Waals surface area contributed by atoms with Gasteiger partial charge in [0.05, 0.1) is 23.4 Å². The minimum atomic E-state index is -0.976. The van der Waals surface area contributed by atoms with Crippen LogP contribution in [0, 0.1) is 11.6 Å². The molecular weight excluding hydrogens is 564 g/mol. The summed E-state index contributed by atoms with van der Waals surface area (Å²) in [6.45, 7) is -0.150. The number of amides is 4. The second-order valence-corrected chi connectivity index (χ2v) is 9.62. The molecule has 2 N–H and O–H groups in total. The fraction of sp³-hybridized carbons (Fsp3) is 0.214. The number of hydrogen-bond acceptors (Lipinski definition) is 7. The molecule has 2 heterocycles. The Morgan fingerprint density at radius 1 is 1.07 bits per heavy atom. The lowest BCUT2D eigenvalue weighted by Gasteiger charge is -2.29. The molecule has 0 spiro atoms. The third-order valence-corrected chi connectivity index (χ3v) is 6.90. The van der Waals surface area contributed by atoms with Crippen LogP contribution in [0.3, 0.4) is 0 Å². The molecule has 1 unspecified atom stereocenters. The fourth-order valence-corrected chi connectivity index (χ4v) is 4.75. The molecule has 10 nitrogen and oxygen atoms in total. The number of hydrogen-bond donors (Lipinski definition) is 2. The van der Waals surface area contributed by atoms with E-state index in [1.54, 1.807) is 12.1 Å². The zero-order chi connectivity index (χ0) is 29.3. The van der Waals surface area contributed by atoms with E-state index in [1.165, 1.54) is 36.3 Å². The number of piperidine rings is 1. The molecule has 3 aromatic carbocycles. The molecule has 0 bridgehead atoms. The minimum absolute atomic E-state index is 0.0574. The molecule has 2 aliphatic rings. The summed E-state index contributed by atoms with van der Waals surface area (Å²) in [7, 11) is 1.36. The summed E-state index contributed by atoms with van der Waals surface area (Å²) in [6, 6.07) is 9.89. The lowest BCUT2D eigenvalue weighted by molar-refractivity contribution is -0.136. The number of halogens is 3. The largest absolute Gasteiger partial charge is 0.495 e. The summed E-state index contributed by atoms with van der Waals surface area (Å²) < 4.78 is 44.4. The highest BCUT2D eigenvalue weighted by Gasteiger charge is 2.41. The third-order valence-electron chi connectivity index (χ3n) is 6.59. The number of fused-ring (bicyclic) bond motifs is 1. The number of ether oxygens (including phenoxy) is 3. The predicted octanol–water partition coefficient (Wildman–Crippen LogP) is 4.93. The molecule has 41 heavy (non-hydrogen) atoms. The van der Waals surface area contributed by atoms with Crippen molar-refractivity contribution in [3.63, 3.8) is 0 Å². The van der Waals surface area contributed by atoms with Gasteiger partial charge in [0, 0.05) is 30.7 Å². The van der Waals surface area contributed by atoms with Crippen LogP contribution >= 0.6 is 11.6 Å². The SMILES string of the molecule is COc1c(COC(=O)Nc2ccc(Oc3ccc(Cl)c(F)c3)cc2F)ccc2c1C(=O)N(C1CCC(=O)NC1=O)C2. The second-order valence-electron chi connectivity index (χ2n) is 9.21. The standard InChI is InChI=1S/C28H22ClF2N3O7/c1-39-25-15(3-2-14-12-34(27(37)24(14)25)22-8-9-23(35)33-26(22)36)13-40-28(38)32-21-7-5-17(11-20(21)31)41-16-4-6-18(29)19(30)10-16/h2-7,10-11,22H,8-9,12-13H2,1H3,(H,32,38)(H,33,35,36). The highest BCUT2D eigenvalue weighted by molar-refractivity contribution is 6.30. The molecule has 0 radical (unpaired) electrons. The van der Waals surface area contributed by atoms with Crippen LogP contribution in [0.15, 0.2) is 48.5 Å². The number of nitrogens with zero attached hydrogens (tertiary/aromatic N) is 1. The van der Waals surface area contributed by atoms with E-state index in [9.17, 15) is 28.0 Å². The quantitative estimate of drug-likeness (QED) is 0.377. The van der Waals surface area contributed by atoms with E-state index in [0.29, 0.717) is 11.1 Å². The fourth-order valence-electron chi connectivity index (χ4n) is 4.64. The van der Waals surface area contributed by atoms with Crippen LogP contribution in [0.2, 0.25) is 5.02 Å². The lowest BCUT2D eigenvalue weighted by atomic mass is 10.0. The Morgan fingerprint density at radius 3 is 2.49 bits per heavy atom. The molecule has 212 valence electrons. The van der Waals surface area contributed by atoms with Crippen molar-refractivity contribution in [2.24, 2.45) is 0 Å². The summed E-state index contributed by atoms with van der Waals surface area (Å²) in [5, 5.41) is 4.45. The molecular formula is C28H22ClF2N3O7. The van der Waals surface area contributed by atoms with E-state index in [1.807, 2.05) is 0 Å². The molecule has 1 saturated heterocycles. The minimum Gasteiger partial charge on any atom is -0.495 e. The van der Waals surface area contributed by atoms with Crippen LogP contribution in [0.1, 0.15) is 34.3 Å². The van der Waals surface area contributed by atoms with Crippen molar-refractivity contribution in [2.75, 3.05) is 12.4 Å². The topological polar surface area (TPSA) is 123 Å². The van der Waals surface area contributed by atoms with Crippen molar-refractivity contribution in [3.8, 4) is 17.2 Å². The molecule has 0 aromatic heterocycles. The van der Waals surface area contributed by atoms with Crippen LogP contribution in [-0.2, 0) is 27.5 Å². The Kier molecular flexibility index (Phi) is 7.75. The van der Waals surface area contributed by atoms with Gasteiger partial charge in [0.2, 0.25) is 11.8 Å². The van der Waals surface area contributed by atoms with E-state index in [0.717, 1.165) is 12.1 Å². The first-order chi connectivity index (χ1) is 19.6. The number of methoxy groups -OCH3 is 1. The van der Waals surface area contributed by atoms with Gasteiger partial charge in [-0.05, 0) is 36.2 Å². The molecule has 2 aliphatic heterocycles. The van der Waals surface area contributed by atoms with Crippen molar-refractivity contribution >= 4 is 41.1 Å².